The number of phenolic OH excluding ortho intramolecular Hbond substituents is 1. The summed E-state index contributed by atoms with van der Waals surface area (Å²) in [4.78, 5) is 67.6. The van der Waals surface area contributed by atoms with Crippen LogP contribution in [0.25, 0.3) is 0 Å². The van der Waals surface area contributed by atoms with Gasteiger partial charge in [-0.15, -0.1) is 23.2 Å². The zero-order valence-electron chi connectivity index (χ0n) is 25.6. The highest BCUT2D eigenvalue weighted by Crippen LogP contribution is 2.65. The lowest BCUT2D eigenvalue weighted by Crippen LogP contribution is -2.61. The monoisotopic (exact) mass is 760 g/mol. The number of carbonyl (C=O) groups excluding carboxylic acids is 5. The highest BCUT2D eigenvalue weighted by Gasteiger charge is 2.76. The van der Waals surface area contributed by atoms with Gasteiger partial charge in [0.1, 0.15) is 11.5 Å². The van der Waals surface area contributed by atoms with Crippen LogP contribution >= 0.6 is 39.1 Å². The van der Waals surface area contributed by atoms with E-state index in [9.17, 15) is 29.1 Å². The molecule has 0 radical (unpaired) electrons. The van der Waals surface area contributed by atoms with Gasteiger partial charge in [0.25, 0.3) is 11.8 Å². The second-order valence-corrected chi connectivity index (χ2v) is 14.8. The molecule has 5 aliphatic rings. The fourth-order valence-corrected chi connectivity index (χ4v) is 9.78. The third-order valence-electron chi connectivity index (χ3n) is 10.6. The number of amides is 4. The van der Waals surface area contributed by atoms with E-state index in [0.717, 1.165) is 9.80 Å². The summed E-state index contributed by atoms with van der Waals surface area (Å²) in [6.45, 7) is 0. The summed E-state index contributed by atoms with van der Waals surface area (Å²) < 4.78 is 5.95. The van der Waals surface area contributed by atoms with Crippen LogP contribution in [0.2, 0.25) is 0 Å². The van der Waals surface area contributed by atoms with Gasteiger partial charge in [-0.2, -0.15) is 0 Å². The van der Waals surface area contributed by atoms with Crippen molar-refractivity contribution < 1.29 is 33.8 Å². The maximum Gasteiger partial charge on any atom is 0.254 e. The number of hydrogen-bond donors (Lipinski definition) is 1. The predicted octanol–water partition coefficient (Wildman–Crippen LogP) is 5.89. The highest BCUT2D eigenvalue weighted by molar-refractivity contribution is 9.09. The fraction of sp³-hybridized carbons (Fsp3) is 0.270. The number of hydrogen-bond acceptors (Lipinski definition) is 7. The number of likely N-dealkylation sites (tertiary alicyclic amines) is 1. The predicted molar refractivity (Wildman–Crippen MR) is 183 cm³/mol. The minimum Gasteiger partial charge on any atom is -0.508 e. The van der Waals surface area contributed by atoms with E-state index in [4.69, 9.17) is 27.9 Å². The Hall–Kier alpha value is -4.25. The minimum absolute atomic E-state index is 0.0299. The van der Waals surface area contributed by atoms with E-state index in [0.29, 0.717) is 39.3 Å². The number of ketones is 1. The van der Waals surface area contributed by atoms with Crippen molar-refractivity contribution in [3.05, 3.63) is 113 Å². The van der Waals surface area contributed by atoms with Gasteiger partial charge in [0.15, 0.2) is 15.5 Å². The quantitative estimate of drug-likeness (QED) is 0.113. The van der Waals surface area contributed by atoms with Crippen molar-refractivity contribution in [3.8, 4) is 11.5 Å². The van der Waals surface area contributed by atoms with Crippen LogP contribution in [-0.2, 0) is 25.6 Å². The molecule has 3 heterocycles. The summed E-state index contributed by atoms with van der Waals surface area (Å²) >= 11 is 17.9. The maximum atomic E-state index is 14.4. The molecular weight excluding hydrogens is 735 g/mol. The molecule has 2 aliphatic carbocycles. The number of nitrogens with zero attached hydrogens (tertiary/aromatic N) is 2. The zero-order chi connectivity index (χ0) is 34.4. The first-order valence-corrected chi connectivity index (χ1v) is 17.6. The van der Waals surface area contributed by atoms with Crippen LogP contribution in [0.3, 0.4) is 0 Å². The number of ether oxygens (including phenoxy) is 1. The normalized spacial score (nSPS) is 30.2. The van der Waals surface area contributed by atoms with Gasteiger partial charge in [0.2, 0.25) is 11.8 Å². The number of aromatic hydroxyl groups is 1. The number of allylic oxidation sites excluding steroid dienone is 3. The lowest BCUT2D eigenvalue weighted by Gasteiger charge is -2.51. The number of fused-ring (bicyclic) bond motifs is 5. The molecule has 8 rings (SSSR count). The van der Waals surface area contributed by atoms with Gasteiger partial charge in [0, 0.05) is 29.0 Å². The lowest BCUT2D eigenvalue weighted by molar-refractivity contribution is -0.138. The van der Waals surface area contributed by atoms with Gasteiger partial charge in [0.05, 0.1) is 29.2 Å². The summed E-state index contributed by atoms with van der Waals surface area (Å²) in [6, 6.07) is 19.8. The summed E-state index contributed by atoms with van der Waals surface area (Å²) in [5, 5.41) is 10.2. The van der Waals surface area contributed by atoms with E-state index in [1.807, 2.05) is 12.1 Å². The molecule has 6 atom stereocenters. The van der Waals surface area contributed by atoms with Gasteiger partial charge < -0.3 is 9.84 Å². The summed E-state index contributed by atoms with van der Waals surface area (Å²) in [6.07, 6.45) is 3.66. The SMILES string of the molecule is O=C(c1ccccc1)c1ccc(N2C(=O)C3CC=C4C(CC5(Cl)C(=O)N(CBr)C(=O)C5(Cl)C4C4=COc5ccc(O)cc5C4)C3C2=O)cc1. The number of carbonyl (C=O) groups is 5. The number of alkyl halides is 3. The number of benzene rings is 3. The second-order valence-electron chi connectivity index (χ2n) is 13.0. The van der Waals surface area contributed by atoms with Crippen molar-refractivity contribution in [1.29, 1.82) is 0 Å². The summed E-state index contributed by atoms with van der Waals surface area (Å²) in [7, 11) is 0. The Morgan fingerprint density at radius 3 is 2.35 bits per heavy atom. The summed E-state index contributed by atoms with van der Waals surface area (Å²) in [5.41, 5.74) is 2.97. The van der Waals surface area contributed by atoms with Gasteiger partial charge in [-0.25, -0.2) is 0 Å². The van der Waals surface area contributed by atoms with E-state index < -0.39 is 57.0 Å². The molecule has 1 N–H and O–H groups in total. The van der Waals surface area contributed by atoms with E-state index in [1.165, 1.54) is 12.3 Å². The van der Waals surface area contributed by atoms with E-state index in [1.54, 1.807) is 60.7 Å². The Labute approximate surface area is 299 Å². The molecule has 3 aromatic carbocycles. The standard InChI is InChI=1S/C37H27BrCl2N2O7/c38-18-41-34(47)36(39)16-27-25(30(37(36,40)35(41)48)22-14-21-15-24(43)10-13-28(21)49-17-22)11-12-26-29(27)33(46)42(32(26)45)23-8-6-20(7-9-23)31(44)19-4-2-1-3-5-19/h1-11,13,15,17,26-27,29-30,43H,12,14,16,18H2. The Balaban J connectivity index is 1.18. The third-order valence-corrected chi connectivity index (χ3v) is 12.5. The molecule has 0 bridgehead atoms. The second kappa shape index (κ2) is 11.4. The minimum atomic E-state index is -1.95. The van der Waals surface area contributed by atoms with Crippen molar-refractivity contribution in [2.24, 2.45) is 23.7 Å². The number of phenols is 1. The largest absolute Gasteiger partial charge is 0.508 e. The number of imide groups is 2. The van der Waals surface area contributed by atoms with Gasteiger partial charge >= 0.3 is 0 Å². The van der Waals surface area contributed by atoms with E-state index in [2.05, 4.69) is 15.9 Å². The Morgan fingerprint density at radius 1 is 0.918 bits per heavy atom. The molecule has 9 nitrogen and oxygen atoms in total. The summed E-state index contributed by atoms with van der Waals surface area (Å²) in [5.74, 6) is -5.09. The first-order valence-electron chi connectivity index (χ1n) is 15.7. The van der Waals surface area contributed by atoms with Crippen molar-refractivity contribution >= 4 is 74.2 Å². The average molecular weight is 762 g/mol. The Morgan fingerprint density at radius 2 is 1.63 bits per heavy atom. The number of anilines is 1. The molecule has 248 valence electrons. The number of rotatable bonds is 5. The lowest BCUT2D eigenvalue weighted by atomic mass is 9.56. The molecule has 0 aromatic heterocycles. The Kier molecular flexibility index (Phi) is 7.44. The smallest absolute Gasteiger partial charge is 0.254 e. The zero-order valence-corrected chi connectivity index (χ0v) is 28.7. The molecule has 3 fully saturated rings. The maximum absolute atomic E-state index is 14.4. The molecule has 4 amide bonds. The van der Waals surface area contributed by atoms with Crippen LogP contribution in [0.4, 0.5) is 5.69 Å². The highest BCUT2D eigenvalue weighted by atomic mass is 79.9. The van der Waals surface area contributed by atoms with Gasteiger partial charge in [-0.3, -0.25) is 33.8 Å². The molecule has 6 unspecified atom stereocenters. The van der Waals surface area contributed by atoms with Crippen molar-refractivity contribution in [1.82, 2.24) is 4.90 Å². The molecule has 2 saturated heterocycles. The Bertz CT molecular complexity index is 2050. The first kappa shape index (κ1) is 32.0. The van der Waals surface area contributed by atoms with Crippen molar-refractivity contribution in [2.45, 2.75) is 29.0 Å². The van der Waals surface area contributed by atoms with Crippen molar-refractivity contribution in [3.63, 3.8) is 0 Å². The molecule has 49 heavy (non-hydrogen) atoms. The van der Waals surface area contributed by atoms with Crippen LogP contribution in [0, 0.1) is 23.7 Å². The van der Waals surface area contributed by atoms with Crippen LogP contribution in [0.1, 0.15) is 34.3 Å². The first-order chi connectivity index (χ1) is 23.5. The van der Waals surface area contributed by atoms with Crippen LogP contribution in [-0.4, -0.2) is 54.6 Å². The fourth-order valence-electron chi connectivity index (χ4n) is 8.34. The van der Waals surface area contributed by atoms with Crippen LogP contribution in [0.15, 0.2) is 96.3 Å². The third kappa shape index (κ3) is 4.46. The van der Waals surface area contributed by atoms with E-state index in [-0.39, 0.29) is 36.2 Å². The molecule has 12 heteroatoms. The van der Waals surface area contributed by atoms with Crippen molar-refractivity contribution in [2.75, 3.05) is 10.4 Å². The molecule has 3 aliphatic heterocycles. The molecule has 0 spiro atoms. The molecule has 1 saturated carbocycles. The molecular formula is C37H27BrCl2N2O7. The molecule has 3 aromatic rings. The van der Waals surface area contributed by atoms with Gasteiger partial charge in [-0.05, 0) is 66.8 Å². The van der Waals surface area contributed by atoms with Crippen LogP contribution in [0.5, 0.6) is 11.5 Å². The number of halogens is 3. The topological polar surface area (TPSA) is 121 Å². The average Bonchev–Trinajstić information content (AvgIpc) is 3.45. The van der Waals surface area contributed by atoms with Gasteiger partial charge in [-0.1, -0.05) is 57.9 Å². The van der Waals surface area contributed by atoms with E-state index >= 15 is 0 Å². The van der Waals surface area contributed by atoms with Crippen LogP contribution < -0.4 is 9.64 Å².